The van der Waals surface area contributed by atoms with Crippen LogP contribution in [0.25, 0.3) is 0 Å². The second kappa shape index (κ2) is 9.20. The molecule has 11 heteroatoms. The minimum absolute atomic E-state index is 0.0419. The van der Waals surface area contributed by atoms with Gasteiger partial charge in [-0.1, -0.05) is 24.3 Å². The van der Waals surface area contributed by atoms with Crippen LogP contribution in [0.15, 0.2) is 54.2 Å². The number of aliphatic hydroxyl groups is 1. The number of amides is 2. The summed E-state index contributed by atoms with van der Waals surface area (Å²) in [7, 11) is 0. The van der Waals surface area contributed by atoms with Crippen molar-refractivity contribution < 1.29 is 27.9 Å². The molecule has 1 aliphatic rings. The molecule has 0 bridgehead atoms. The number of halogens is 3. The summed E-state index contributed by atoms with van der Waals surface area (Å²) in [6.45, 7) is -0.0540. The molecule has 1 aromatic carbocycles. The summed E-state index contributed by atoms with van der Waals surface area (Å²) in [6, 6.07) is 10.5. The molecule has 8 nitrogen and oxygen atoms in total. The Morgan fingerprint density at radius 1 is 1.18 bits per heavy atom. The number of nitrogens with two attached hydrogens (primary N) is 1. The highest BCUT2D eigenvalue weighted by atomic mass is 19.4. The van der Waals surface area contributed by atoms with Crippen molar-refractivity contribution in [1.29, 1.82) is 5.26 Å². The standard InChI is InChI=1S/C22H20F3N5O3/c23-22(24,25)21(7-8-21)15-4-1-13(2-5-15)9-17(31)30-19(27)18(32)20(33)29-12-16-6-3-14(10-26)11-28-16/h1-6,11,32H,7-9,12,27H2,(H,29,33)(H,30,31)/b19-18-. The van der Waals surface area contributed by atoms with Gasteiger partial charge in [-0.05, 0) is 36.1 Å². The normalized spacial score (nSPS) is 15.1. The predicted octanol–water partition coefficient (Wildman–Crippen LogP) is 2.21. The third kappa shape index (κ3) is 5.41. The van der Waals surface area contributed by atoms with Gasteiger partial charge in [-0.2, -0.15) is 18.4 Å². The molecular weight excluding hydrogens is 439 g/mol. The Hall–Kier alpha value is -4.07. The minimum atomic E-state index is -4.32. The predicted molar refractivity (Wildman–Crippen MR) is 110 cm³/mol. The quantitative estimate of drug-likeness (QED) is 0.370. The van der Waals surface area contributed by atoms with E-state index in [0.717, 1.165) is 0 Å². The third-order valence-electron chi connectivity index (χ3n) is 5.29. The van der Waals surface area contributed by atoms with E-state index in [9.17, 15) is 27.9 Å². The average molecular weight is 459 g/mol. The Balaban J connectivity index is 1.54. The van der Waals surface area contributed by atoms with Crippen molar-refractivity contribution in [2.75, 3.05) is 0 Å². The van der Waals surface area contributed by atoms with Crippen molar-refractivity contribution in [1.82, 2.24) is 15.6 Å². The molecule has 1 saturated carbocycles. The van der Waals surface area contributed by atoms with Gasteiger partial charge in [-0.25, -0.2) is 0 Å². The number of benzene rings is 1. The molecule has 1 heterocycles. The van der Waals surface area contributed by atoms with Gasteiger partial charge in [0.1, 0.15) is 6.07 Å². The maximum absolute atomic E-state index is 13.2. The smallest absolute Gasteiger partial charge is 0.398 e. The van der Waals surface area contributed by atoms with Crippen LogP contribution in [0, 0.1) is 11.3 Å². The number of hydrogen-bond donors (Lipinski definition) is 4. The molecule has 0 saturated heterocycles. The zero-order valence-electron chi connectivity index (χ0n) is 17.2. The van der Waals surface area contributed by atoms with Gasteiger partial charge in [-0.3, -0.25) is 14.6 Å². The van der Waals surface area contributed by atoms with Crippen LogP contribution in [0.2, 0.25) is 0 Å². The maximum Gasteiger partial charge on any atom is 0.398 e. The third-order valence-corrected chi connectivity index (χ3v) is 5.29. The van der Waals surface area contributed by atoms with Crippen molar-refractivity contribution in [2.45, 2.75) is 37.4 Å². The van der Waals surface area contributed by atoms with Crippen LogP contribution in [-0.2, 0) is 28.0 Å². The molecule has 2 aromatic rings. The lowest BCUT2D eigenvalue weighted by Crippen LogP contribution is -2.34. The highest BCUT2D eigenvalue weighted by Gasteiger charge is 2.64. The van der Waals surface area contributed by atoms with E-state index in [2.05, 4.69) is 15.6 Å². The van der Waals surface area contributed by atoms with Gasteiger partial charge in [-0.15, -0.1) is 0 Å². The van der Waals surface area contributed by atoms with Crippen LogP contribution in [0.3, 0.4) is 0 Å². The number of carbonyl (C=O) groups is 2. The number of carbonyl (C=O) groups excluding carboxylic acids is 2. The number of aliphatic hydroxyl groups excluding tert-OH is 1. The van der Waals surface area contributed by atoms with E-state index < -0.39 is 35.0 Å². The summed E-state index contributed by atoms with van der Waals surface area (Å²) in [5, 5.41) is 23.2. The van der Waals surface area contributed by atoms with E-state index in [1.807, 2.05) is 6.07 Å². The van der Waals surface area contributed by atoms with Crippen LogP contribution in [-0.4, -0.2) is 28.1 Å². The number of nitrogens with one attached hydrogen (secondary N) is 2. The van der Waals surface area contributed by atoms with E-state index in [-0.39, 0.29) is 31.4 Å². The molecule has 0 spiro atoms. The summed E-state index contributed by atoms with van der Waals surface area (Å²) >= 11 is 0. The zero-order chi connectivity index (χ0) is 24.2. The van der Waals surface area contributed by atoms with Crippen molar-refractivity contribution in [3.05, 3.63) is 76.6 Å². The van der Waals surface area contributed by atoms with Crippen LogP contribution < -0.4 is 16.4 Å². The molecule has 172 valence electrons. The number of nitriles is 1. The number of hydrogen-bond acceptors (Lipinski definition) is 6. The molecule has 1 aliphatic carbocycles. The molecule has 2 amide bonds. The molecule has 1 fully saturated rings. The van der Waals surface area contributed by atoms with Gasteiger partial charge in [0.2, 0.25) is 11.7 Å². The molecule has 5 N–H and O–H groups in total. The van der Waals surface area contributed by atoms with E-state index in [1.165, 1.54) is 42.6 Å². The lowest BCUT2D eigenvalue weighted by molar-refractivity contribution is -0.160. The molecule has 1 aromatic heterocycles. The number of nitrogens with zero attached hydrogens (tertiary/aromatic N) is 2. The second-order valence-corrected chi connectivity index (χ2v) is 7.60. The first-order valence-electron chi connectivity index (χ1n) is 9.83. The van der Waals surface area contributed by atoms with E-state index in [1.54, 1.807) is 0 Å². The number of aromatic nitrogens is 1. The van der Waals surface area contributed by atoms with Crippen molar-refractivity contribution in [3.63, 3.8) is 0 Å². The first-order valence-corrected chi connectivity index (χ1v) is 9.83. The summed E-state index contributed by atoms with van der Waals surface area (Å²) in [6.07, 6.45) is -3.13. The summed E-state index contributed by atoms with van der Waals surface area (Å²) in [4.78, 5) is 28.1. The van der Waals surface area contributed by atoms with Crippen LogP contribution in [0.4, 0.5) is 13.2 Å². The highest BCUT2D eigenvalue weighted by Crippen LogP contribution is 2.58. The number of alkyl halides is 3. The fraction of sp³-hybridized carbons (Fsp3) is 0.273. The van der Waals surface area contributed by atoms with E-state index in [0.29, 0.717) is 16.8 Å². The molecule has 0 atom stereocenters. The second-order valence-electron chi connectivity index (χ2n) is 7.60. The lowest BCUT2D eigenvalue weighted by atomic mass is 9.94. The Kier molecular flexibility index (Phi) is 6.57. The number of rotatable bonds is 7. The van der Waals surface area contributed by atoms with Crippen molar-refractivity contribution in [2.24, 2.45) is 5.73 Å². The first kappa shape index (κ1) is 23.6. The van der Waals surface area contributed by atoms with Gasteiger partial charge in [0.25, 0.3) is 5.91 Å². The lowest BCUT2D eigenvalue weighted by Gasteiger charge is -2.19. The Bertz CT molecular complexity index is 1120. The fourth-order valence-corrected chi connectivity index (χ4v) is 3.21. The van der Waals surface area contributed by atoms with Crippen molar-refractivity contribution in [3.8, 4) is 6.07 Å². The fourth-order valence-electron chi connectivity index (χ4n) is 3.21. The highest BCUT2D eigenvalue weighted by molar-refractivity contribution is 5.92. The maximum atomic E-state index is 13.2. The topological polar surface area (TPSA) is 141 Å². The van der Waals surface area contributed by atoms with Crippen LogP contribution in [0.1, 0.15) is 35.2 Å². The van der Waals surface area contributed by atoms with Gasteiger partial charge in [0, 0.05) is 6.20 Å². The van der Waals surface area contributed by atoms with Crippen LogP contribution >= 0.6 is 0 Å². The molecular formula is C22H20F3N5O3. The van der Waals surface area contributed by atoms with E-state index in [4.69, 9.17) is 11.0 Å². The SMILES string of the molecule is N#Cc1ccc(CNC(=O)/C(O)=C(\N)NC(=O)Cc2ccc(C3(C(F)(F)F)CC3)cc2)nc1. The average Bonchev–Trinajstić information content (AvgIpc) is 3.60. The first-order chi connectivity index (χ1) is 15.6. The molecule has 3 rings (SSSR count). The molecule has 0 radical (unpaired) electrons. The largest absolute Gasteiger partial charge is 0.501 e. The van der Waals surface area contributed by atoms with Crippen LogP contribution in [0.5, 0.6) is 0 Å². The molecule has 33 heavy (non-hydrogen) atoms. The Labute approximate surface area is 186 Å². The Morgan fingerprint density at radius 2 is 1.85 bits per heavy atom. The minimum Gasteiger partial charge on any atom is -0.501 e. The molecule has 0 unspecified atom stereocenters. The van der Waals surface area contributed by atoms with Gasteiger partial charge < -0.3 is 21.5 Å². The molecule has 0 aliphatic heterocycles. The summed E-state index contributed by atoms with van der Waals surface area (Å²) in [5.74, 6) is -3.10. The van der Waals surface area contributed by atoms with Gasteiger partial charge >= 0.3 is 6.18 Å². The van der Waals surface area contributed by atoms with Gasteiger partial charge in [0.15, 0.2) is 5.82 Å². The Morgan fingerprint density at radius 3 is 2.36 bits per heavy atom. The van der Waals surface area contributed by atoms with E-state index >= 15 is 0 Å². The van der Waals surface area contributed by atoms with Crippen molar-refractivity contribution >= 4 is 11.8 Å². The summed E-state index contributed by atoms with van der Waals surface area (Å²) in [5.41, 5.74) is 5.16. The monoisotopic (exact) mass is 459 g/mol. The number of pyridine rings is 1. The summed E-state index contributed by atoms with van der Waals surface area (Å²) < 4.78 is 39.6. The van der Waals surface area contributed by atoms with Gasteiger partial charge in [0.05, 0.1) is 29.6 Å². The zero-order valence-corrected chi connectivity index (χ0v) is 17.2.